The molecule has 0 aliphatic rings. The summed E-state index contributed by atoms with van der Waals surface area (Å²) in [6.45, 7) is 11.7. The number of carbonyl (C=O) groups is 2. The van der Waals surface area contributed by atoms with Crippen molar-refractivity contribution in [3.8, 4) is 0 Å². The molecule has 2 amide bonds. The molecule has 0 bridgehead atoms. The molecule has 47 heavy (non-hydrogen) atoms. The minimum absolute atomic E-state index is 0.117. The van der Waals surface area contributed by atoms with Gasteiger partial charge in [0.25, 0.3) is 5.91 Å². The average molecular weight is 649 g/mol. The predicted molar refractivity (Wildman–Crippen MR) is 189 cm³/mol. The van der Waals surface area contributed by atoms with Crippen molar-refractivity contribution in [3.05, 3.63) is 108 Å². The van der Waals surface area contributed by atoms with Gasteiger partial charge in [0, 0.05) is 26.7 Å². The molecule has 5 aromatic rings. The fraction of sp³-hybridized carbons (Fsp3) is 0.270. The van der Waals surface area contributed by atoms with Crippen molar-refractivity contribution in [2.45, 2.75) is 75.3 Å². The Morgan fingerprint density at radius 3 is 2.34 bits per heavy atom. The second-order valence-electron chi connectivity index (χ2n) is 12.4. The van der Waals surface area contributed by atoms with Gasteiger partial charge in [-0.3, -0.25) is 10.1 Å². The monoisotopic (exact) mass is 648 g/mol. The van der Waals surface area contributed by atoms with Gasteiger partial charge in [0.2, 0.25) is 0 Å². The maximum absolute atomic E-state index is 13.6. The quantitative estimate of drug-likeness (QED) is 0.137. The first-order chi connectivity index (χ1) is 22.5. The third-order valence-corrected chi connectivity index (χ3v) is 8.33. The molecule has 2 aromatic heterocycles. The lowest BCUT2D eigenvalue weighted by Crippen LogP contribution is -2.28. The van der Waals surface area contributed by atoms with Gasteiger partial charge in [0.1, 0.15) is 17.7 Å². The summed E-state index contributed by atoms with van der Waals surface area (Å²) in [4.78, 5) is 41.3. The second kappa shape index (κ2) is 14.6. The van der Waals surface area contributed by atoms with Crippen LogP contribution in [-0.4, -0.2) is 32.6 Å². The molecule has 242 valence electrons. The number of pyridine rings is 1. The van der Waals surface area contributed by atoms with E-state index in [1.54, 1.807) is 0 Å². The highest BCUT2D eigenvalue weighted by molar-refractivity contribution is 7.99. The van der Waals surface area contributed by atoms with Crippen LogP contribution in [0.15, 0.2) is 101 Å². The van der Waals surface area contributed by atoms with E-state index in [0.29, 0.717) is 28.4 Å². The first-order valence-corrected chi connectivity index (χ1v) is 16.5. The highest BCUT2D eigenvalue weighted by Gasteiger charge is 2.19. The molecule has 1 atom stereocenters. The zero-order valence-electron chi connectivity index (χ0n) is 27.5. The van der Waals surface area contributed by atoms with Gasteiger partial charge in [-0.1, -0.05) is 62.9 Å². The molecule has 0 fully saturated rings. The van der Waals surface area contributed by atoms with Gasteiger partial charge in [-0.15, -0.1) is 0 Å². The Balaban J connectivity index is 1.44. The van der Waals surface area contributed by atoms with Crippen molar-refractivity contribution in [2.24, 2.45) is 0 Å². The van der Waals surface area contributed by atoms with Crippen LogP contribution in [0.1, 0.15) is 81.5 Å². The SMILES string of the molecule is CC[C@H](NC(=O)c1ccc(Sc2ccc(NC(=O)OC(C)(C)C)cc2)c(Nc2ncnc3nc(C(C)C)ccc23)c1)c1ccccc1. The Hall–Kier alpha value is -4.96. The summed E-state index contributed by atoms with van der Waals surface area (Å²) in [7, 11) is 0. The molecular weight excluding hydrogens is 609 g/mol. The molecule has 10 heteroatoms. The maximum atomic E-state index is 13.6. The van der Waals surface area contributed by atoms with E-state index in [4.69, 9.17) is 9.72 Å². The highest BCUT2D eigenvalue weighted by Crippen LogP contribution is 2.37. The number of anilines is 3. The molecule has 0 saturated heterocycles. The average Bonchev–Trinajstić information content (AvgIpc) is 3.04. The van der Waals surface area contributed by atoms with E-state index in [9.17, 15) is 9.59 Å². The van der Waals surface area contributed by atoms with Crippen LogP contribution in [0.4, 0.5) is 22.0 Å². The lowest BCUT2D eigenvalue weighted by Gasteiger charge is -2.20. The van der Waals surface area contributed by atoms with E-state index in [0.717, 1.165) is 32.9 Å². The van der Waals surface area contributed by atoms with Crippen molar-refractivity contribution in [3.63, 3.8) is 0 Å². The van der Waals surface area contributed by atoms with Crippen LogP contribution >= 0.6 is 11.8 Å². The summed E-state index contributed by atoms with van der Waals surface area (Å²) in [6, 6.07) is 26.9. The molecule has 0 radical (unpaired) electrons. The number of carbonyl (C=O) groups excluding carboxylic acids is 2. The lowest BCUT2D eigenvalue weighted by atomic mass is 10.0. The Morgan fingerprint density at radius 1 is 0.915 bits per heavy atom. The minimum atomic E-state index is -0.590. The number of ether oxygens (including phenoxy) is 1. The highest BCUT2D eigenvalue weighted by atomic mass is 32.2. The summed E-state index contributed by atoms with van der Waals surface area (Å²) in [5.74, 6) is 0.677. The van der Waals surface area contributed by atoms with Crippen molar-refractivity contribution < 1.29 is 14.3 Å². The summed E-state index contributed by atoms with van der Waals surface area (Å²) in [6.07, 6.45) is 1.74. The summed E-state index contributed by atoms with van der Waals surface area (Å²) < 4.78 is 5.36. The molecule has 9 nitrogen and oxygen atoms in total. The maximum Gasteiger partial charge on any atom is 0.412 e. The third-order valence-electron chi connectivity index (χ3n) is 7.25. The topological polar surface area (TPSA) is 118 Å². The summed E-state index contributed by atoms with van der Waals surface area (Å²) >= 11 is 1.52. The van der Waals surface area contributed by atoms with Crippen molar-refractivity contribution in [2.75, 3.05) is 10.6 Å². The van der Waals surface area contributed by atoms with Gasteiger partial charge in [-0.25, -0.2) is 19.7 Å². The fourth-order valence-corrected chi connectivity index (χ4v) is 5.75. The van der Waals surface area contributed by atoms with Gasteiger partial charge in [-0.05, 0) is 93.3 Å². The van der Waals surface area contributed by atoms with Crippen LogP contribution in [0.2, 0.25) is 0 Å². The molecule has 0 spiro atoms. The van der Waals surface area contributed by atoms with Crippen LogP contribution in [0.25, 0.3) is 11.0 Å². The van der Waals surface area contributed by atoms with E-state index < -0.39 is 11.7 Å². The van der Waals surface area contributed by atoms with E-state index >= 15 is 0 Å². The van der Waals surface area contributed by atoms with E-state index in [-0.39, 0.29) is 17.9 Å². The predicted octanol–water partition coefficient (Wildman–Crippen LogP) is 9.27. The number of amides is 2. The number of benzene rings is 3. The van der Waals surface area contributed by atoms with Crippen LogP contribution < -0.4 is 16.0 Å². The van der Waals surface area contributed by atoms with Crippen LogP contribution in [0.3, 0.4) is 0 Å². The second-order valence-corrected chi connectivity index (χ2v) is 13.5. The Morgan fingerprint density at radius 2 is 1.66 bits per heavy atom. The summed E-state index contributed by atoms with van der Waals surface area (Å²) in [5.41, 5.74) is 3.86. The van der Waals surface area contributed by atoms with E-state index in [1.165, 1.54) is 18.1 Å². The standard InChI is InChI=1S/C37H40N6O3S/c1-7-29(24-11-9-8-10-12-24)43-35(44)25-13-20-32(47-27-16-14-26(15-17-27)40-36(45)46-37(4,5)6)31(21-25)42-34-28-18-19-30(23(2)3)41-33(28)38-22-39-34/h8-23,29H,7H2,1-6H3,(H,40,45)(H,43,44)(H,38,39,41,42)/t29-/m0/s1. The van der Waals surface area contributed by atoms with Crippen LogP contribution in [0.5, 0.6) is 0 Å². The molecule has 0 saturated carbocycles. The zero-order chi connectivity index (χ0) is 33.6. The number of fused-ring (bicyclic) bond motifs is 1. The zero-order valence-corrected chi connectivity index (χ0v) is 28.3. The van der Waals surface area contributed by atoms with Crippen molar-refractivity contribution >= 4 is 52.0 Å². The van der Waals surface area contributed by atoms with E-state index in [2.05, 4.69) is 46.7 Å². The number of rotatable bonds is 10. The molecule has 0 aliphatic carbocycles. The molecule has 2 heterocycles. The van der Waals surface area contributed by atoms with Crippen LogP contribution in [-0.2, 0) is 4.74 Å². The van der Waals surface area contributed by atoms with Crippen molar-refractivity contribution in [1.29, 1.82) is 0 Å². The third kappa shape index (κ3) is 8.86. The minimum Gasteiger partial charge on any atom is -0.444 e. The molecule has 0 aliphatic heterocycles. The van der Waals surface area contributed by atoms with E-state index in [1.807, 2.05) is 106 Å². The number of nitrogens with zero attached hydrogens (tertiary/aromatic N) is 3. The number of hydrogen-bond donors (Lipinski definition) is 3. The smallest absolute Gasteiger partial charge is 0.412 e. The largest absolute Gasteiger partial charge is 0.444 e. The van der Waals surface area contributed by atoms with Gasteiger partial charge in [0.05, 0.1) is 17.1 Å². The van der Waals surface area contributed by atoms with Gasteiger partial charge < -0.3 is 15.4 Å². The van der Waals surface area contributed by atoms with Crippen molar-refractivity contribution in [1.82, 2.24) is 20.3 Å². The fourth-order valence-electron chi connectivity index (χ4n) is 4.87. The first-order valence-electron chi connectivity index (χ1n) is 15.7. The molecule has 5 rings (SSSR count). The Labute approximate surface area is 280 Å². The molecule has 3 aromatic carbocycles. The lowest BCUT2D eigenvalue weighted by molar-refractivity contribution is 0.0635. The summed E-state index contributed by atoms with van der Waals surface area (Å²) in [5, 5.41) is 10.2. The molecular formula is C37H40N6O3S. The Kier molecular flexibility index (Phi) is 10.4. The van der Waals surface area contributed by atoms with Gasteiger partial charge in [0.15, 0.2) is 5.65 Å². The molecule has 3 N–H and O–H groups in total. The number of hydrogen-bond acceptors (Lipinski definition) is 8. The number of nitrogens with one attached hydrogen (secondary N) is 3. The molecule has 0 unspecified atom stereocenters. The van der Waals surface area contributed by atoms with Gasteiger partial charge >= 0.3 is 6.09 Å². The Bertz CT molecular complexity index is 1860. The van der Waals surface area contributed by atoms with Gasteiger partial charge in [-0.2, -0.15) is 0 Å². The first kappa shape index (κ1) is 33.4. The van der Waals surface area contributed by atoms with Crippen LogP contribution in [0, 0.1) is 0 Å². The normalized spacial score (nSPS) is 12.1. The number of aromatic nitrogens is 3.